The third-order valence-corrected chi connectivity index (χ3v) is 6.26. The van der Waals surface area contributed by atoms with E-state index in [1.54, 1.807) is 18.2 Å². The third kappa shape index (κ3) is 1.89. The number of rotatable bonds is 0. The summed E-state index contributed by atoms with van der Waals surface area (Å²) in [5, 5.41) is 18.6. The van der Waals surface area contributed by atoms with Crippen molar-refractivity contribution in [2.24, 2.45) is 22.2 Å². The van der Waals surface area contributed by atoms with Gasteiger partial charge >= 0.3 is 0 Å². The molecule has 3 aliphatic rings. The highest BCUT2D eigenvalue weighted by Gasteiger charge is 2.58. The Labute approximate surface area is 142 Å². The van der Waals surface area contributed by atoms with Crippen molar-refractivity contribution in [1.82, 2.24) is 0 Å². The molecule has 0 bridgehead atoms. The number of ketones is 2. The molecule has 0 heterocycles. The van der Waals surface area contributed by atoms with Crippen molar-refractivity contribution in [3.63, 3.8) is 0 Å². The van der Waals surface area contributed by atoms with E-state index in [0.717, 1.165) is 18.4 Å². The molecule has 24 heavy (non-hydrogen) atoms. The molecule has 1 saturated carbocycles. The Kier molecular flexibility index (Phi) is 3.26. The van der Waals surface area contributed by atoms with Gasteiger partial charge in [-0.15, -0.1) is 0 Å². The molecule has 0 spiro atoms. The third-order valence-electron chi connectivity index (χ3n) is 6.26. The molecule has 0 saturated heterocycles. The molecule has 3 rings (SSSR count). The largest absolute Gasteiger partial charge is 0.293 e. The summed E-state index contributed by atoms with van der Waals surface area (Å²) >= 11 is 0. The van der Waals surface area contributed by atoms with Crippen LogP contribution < -0.4 is 0 Å². The highest BCUT2D eigenvalue weighted by atomic mass is 16.1. The van der Waals surface area contributed by atoms with E-state index in [2.05, 4.69) is 0 Å². The van der Waals surface area contributed by atoms with Crippen LogP contribution in [0.2, 0.25) is 0 Å². The van der Waals surface area contributed by atoms with Gasteiger partial charge in [-0.2, -0.15) is 10.5 Å². The first-order valence-corrected chi connectivity index (χ1v) is 8.18. The first-order valence-electron chi connectivity index (χ1n) is 8.18. The molecular weight excluding hydrogens is 300 g/mol. The number of carbonyl (C=O) groups is 2. The van der Waals surface area contributed by atoms with E-state index in [0.29, 0.717) is 0 Å². The summed E-state index contributed by atoms with van der Waals surface area (Å²) < 4.78 is 0. The van der Waals surface area contributed by atoms with Crippen molar-refractivity contribution in [2.45, 2.75) is 40.5 Å². The Balaban J connectivity index is 2.26. The zero-order chi connectivity index (χ0) is 17.9. The molecular formula is C20H20N2O2. The number of nitrogens with zero attached hydrogens (tertiary/aromatic N) is 2. The summed E-state index contributed by atoms with van der Waals surface area (Å²) in [6.07, 6.45) is 6.69. The average Bonchev–Trinajstić information content (AvgIpc) is 2.52. The SMILES string of the molecule is CC12C=C(C#N)C(=O)C=C1C1(C)C=C(C#N)C(=O)C(C)(C)[C@@H]1CC2. The molecule has 2 unspecified atom stereocenters. The van der Waals surface area contributed by atoms with Crippen molar-refractivity contribution in [1.29, 1.82) is 10.5 Å². The molecule has 0 aromatic rings. The Bertz CT molecular complexity index is 844. The topological polar surface area (TPSA) is 81.7 Å². The fourth-order valence-electron chi connectivity index (χ4n) is 5.08. The minimum Gasteiger partial charge on any atom is -0.293 e. The number of allylic oxidation sites excluding steroid dienone is 6. The highest BCUT2D eigenvalue weighted by Crippen LogP contribution is 2.63. The van der Waals surface area contributed by atoms with Crippen molar-refractivity contribution in [3.05, 3.63) is 34.9 Å². The minimum absolute atomic E-state index is 0.0266. The molecule has 0 radical (unpaired) electrons. The standard InChI is InChI=1S/C20H20N2O2/c1-18(2)15-5-6-19(3)8-12(10-21)14(23)7-16(19)20(15,4)9-13(11-22)17(18)24/h7-9,15H,5-6H2,1-4H3/t15-,19?,20?/m0/s1. The summed E-state index contributed by atoms with van der Waals surface area (Å²) in [6.45, 7) is 7.85. The van der Waals surface area contributed by atoms with Crippen molar-refractivity contribution >= 4 is 11.6 Å². The van der Waals surface area contributed by atoms with E-state index >= 15 is 0 Å². The van der Waals surface area contributed by atoms with Gasteiger partial charge < -0.3 is 0 Å². The summed E-state index contributed by atoms with van der Waals surface area (Å²) in [5.41, 5.74) is -0.312. The molecule has 3 aliphatic carbocycles. The molecule has 0 N–H and O–H groups in total. The first-order chi connectivity index (χ1) is 11.1. The predicted octanol–water partition coefficient (Wildman–Crippen LogP) is 3.43. The van der Waals surface area contributed by atoms with Gasteiger partial charge in [0, 0.05) is 16.2 Å². The van der Waals surface area contributed by atoms with Gasteiger partial charge in [-0.25, -0.2) is 0 Å². The van der Waals surface area contributed by atoms with Crippen molar-refractivity contribution < 1.29 is 9.59 Å². The predicted molar refractivity (Wildman–Crippen MR) is 88.2 cm³/mol. The summed E-state index contributed by atoms with van der Waals surface area (Å²) in [7, 11) is 0. The second-order valence-corrected chi connectivity index (χ2v) is 8.10. The maximum absolute atomic E-state index is 12.6. The van der Waals surface area contributed by atoms with Crippen LogP contribution in [0.3, 0.4) is 0 Å². The lowest BCUT2D eigenvalue weighted by molar-refractivity contribution is -0.130. The maximum Gasteiger partial charge on any atom is 0.196 e. The molecule has 3 atom stereocenters. The molecule has 0 aliphatic heterocycles. The highest BCUT2D eigenvalue weighted by molar-refractivity contribution is 6.09. The van der Waals surface area contributed by atoms with Crippen LogP contribution in [-0.4, -0.2) is 11.6 Å². The molecule has 4 heteroatoms. The number of nitriles is 2. The second kappa shape index (κ2) is 4.77. The van der Waals surface area contributed by atoms with Gasteiger partial charge in [0.1, 0.15) is 12.1 Å². The Morgan fingerprint density at radius 1 is 1.04 bits per heavy atom. The summed E-state index contributed by atoms with van der Waals surface area (Å²) in [6, 6.07) is 4.02. The monoisotopic (exact) mass is 320 g/mol. The molecule has 4 nitrogen and oxygen atoms in total. The van der Waals surface area contributed by atoms with Gasteiger partial charge in [0.05, 0.1) is 11.1 Å². The minimum atomic E-state index is -0.654. The summed E-state index contributed by atoms with van der Waals surface area (Å²) in [4.78, 5) is 24.9. The van der Waals surface area contributed by atoms with Crippen LogP contribution in [0.5, 0.6) is 0 Å². The summed E-state index contributed by atoms with van der Waals surface area (Å²) in [5.74, 6) is -0.376. The van der Waals surface area contributed by atoms with Crippen LogP contribution >= 0.6 is 0 Å². The fourth-order valence-corrected chi connectivity index (χ4v) is 5.08. The smallest absolute Gasteiger partial charge is 0.196 e. The fraction of sp³-hybridized carbons (Fsp3) is 0.500. The van der Waals surface area contributed by atoms with Gasteiger partial charge in [0.15, 0.2) is 11.6 Å². The number of hydrogen-bond donors (Lipinski definition) is 0. The number of carbonyl (C=O) groups excluding carboxylic acids is 2. The molecule has 122 valence electrons. The van der Waals surface area contributed by atoms with Gasteiger partial charge in [-0.1, -0.05) is 39.8 Å². The number of fused-ring (bicyclic) bond motifs is 3. The maximum atomic E-state index is 12.6. The van der Waals surface area contributed by atoms with E-state index < -0.39 is 16.2 Å². The van der Waals surface area contributed by atoms with E-state index in [1.165, 1.54) is 0 Å². The molecule has 0 aromatic heterocycles. The lowest BCUT2D eigenvalue weighted by Gasteiger charge is -2.57. The van der Waals surface area contributed by atoms with Crippen LogP contribution in [0.4, 0.5) is 0 Å². The Morgan fingerprint density at radius 2 is 1.67 bits per heavy atom. The Hall–Kier alpha value is -2.46. The lowest BCUT2D eigenvalue weighted by atomic mass is 9.45. The average molecular weight is 320 g/mol. The number of Topliss-reactive ketones (excluding diaryl/α,β-unsaturated/α-hetero) is 1. The zero-order valence-electron chi connectivity index (χ0n) is 14.4. The van der Waals surface area contributed by atoms with E-state index in [9.17, 15) is 20.1 Å². The lowest BCUT2D eigenvalue weighted by Crippen LogP contribution is -2.53. The second-order valence-electron chi connectivity index (χ2n) is 8.10. The van der Waals surface area contributed by atoms with Crippen LogP contribution in [0.25, 0.3) is 0 Å². The van der Waals surface area contributed by atoms with Gasteiger partial charge in [0.25, 0.3) is 0 Å². The van der Waals surface area contributed by atoms with E-state index in [1.807, 2.05) is 39.8 Å². The molecule has 0 amide bonds. The van der Waals surface area contributed by atoms with E-state index in [4.69, 9.17) is 0 Å². The molecule has 0 aromatic carbocycles. The van der Waals surface area contributed by atoms with Crippen LogP contribution in [0, 0.1) is 44.8 Å². The Morgan fingerprint density at radius 3 is 2.25 bits per heavy atom. The van der Waals surface area contributed by atoms with Gasteiger partial charge in [-0.05, 0) is 30.4 Å². The van der Waals surface area contributed by atoms with Gasteiger partial charge in [-0.3, -0.25) is 9.59 Å². The van der Waals surface area contributed by atoms with Crippen LogP contribution in [0.15, 0.2) is 34.9 Å². The van der Waals surface area contributed by atoms with E-state index in [-0.39, 0.29) is 28.6 Å². The van der Waals surface area contributed by atoms with Crippen LogP contribution in [0.1, 0.15) is 40.5 Å². The molecule has 1 fully saturated rings. The van der Waals surface area contributed by atoms with Crippen molar-refractivity contribution in [2.75, 3.05) is 0 Å². The van der Waals surface area contributed by atoms with Gasteiger partial charge in [0.2, 0.25) is 0 Å². The zero-order valence-corrected chi connectivity index (χ0v) is 14.4. The normalized spacial score (nSPS) is 37.1. The first kappa shape index (κ1) is 16.4. The van der Waals surface area contributed by atoms with Crippen LogP contribution in [-0.2, 0) is 9.59 Å². The van der Waals surface area contributed by atoms with Crippen molar-refractivity contribution in [3.8, 4) is 12.1 Å². The quantitative estimate of drug-likeness (QED) is 0.684. The number of hydrogen-bond acceptors (Lipinski definition) is 4.